The molecule has 3 heteroatoms. The maximum Gasteiger partial charge on any atom is 0.161 e. The minimum atomic E-state index is 0.722. The van der Waals surface area contributed by atoms with Gasteiger partial charge in [0.25, 0.3) is 0 Å². The largest absolute Gasteiger partial charge is 0.228 e. The third-order valence-electron chi connectivity index (χ3n) is 9.88. The van der Waals surface area contributed by atoms with Crippen molar-refractivity contribution in [2.45, 2.75) is 0 Å². The second-order valence-electron chi connectivity index (χ2n) is 13.0. The van der Waals surface area contributed by atoms with Crippen LogP contribution in [0.1, 0.15) is 0 Å². The molecule has 2 aromatic heterocycles. The molecule has 51 heavy (non-hydrogen) atoms. The highest BCUT2D eigenvalue weighted by Gasteiger charge is 2.17. The quantitative estimate of drug-likeness (QED) is 0.183. The molecule has 0 fully saturated rings. The molecule has 0 N–H and O–H groups in total. The van der Waals surface area contributed by atoms with Crippen molar-refractivity contribution in [3.05, 3.63) is 182 Å². The summed E-state index contributed by atoms with van der Waals surface area (Å²) in [5.74, 6) is 0.722. The van der Waals surface area contributed by atoms with E-state index in [-0.39, 0.29) is 0 Å². The van der Waals surface area contributed by atoms with Crippen LogP contribution in [0.4, 0.5) is 0 Å². The molecule has 2 heterocycles. The Morgan fingerprint density at radius 3 is 1.75 bits per heavy atom. The van der Waals surface area contributed by atoms with Crippen molar-refractivity contribution >= 4 is 53.1 Å². The molecular formula is C48H30N2S. The Bertz CT molecular complexity index is 2900. The number of nitrogens with zero attached hydrogens (tertiary/aromatic N) is 2. The lowest BCUT2D eigenvalue weighted by Gasteiger charge is -2.12. The Kier molecular flexibility index (Phi) is 7.04. The van der Waals surface area contributed by atoms with E-state index in [2.05, 4.69) is 182 Å². The maximum atomic E-state index is 5.29. The first-order valence-corrected chi connectivity index (χ1v) is 18.1. The van der Waals surface area contributed by atoms with E-state index in [1.807, 2.05) is 11.3 Å². The summed E-state index contributed by atoms with van der Waals surface area (Å²) in [5.41, 5.74) is 9.81. The van der Waals surface area contributed by atoms with Crippen LogP contribution >= 0.6 is 11.3 Å². The van der Waals surface area contributed by atoms with Crippen LogP contribution in [0.3, 0.4) is 0 Å². The summed E-state index contributed by atoms with van der Waals surface area (Å²) in [5, 5.41) is 7.46. The molecule has 0 unspecified atom stereocenters. The lowest BCUT2D eigenvalue weighted by atomic mass is 9.95. The molecule has 0 aliphatic carbocycles. The Balaban J connectivity index is 1.18. The summed E-state index contributed by atoms with van der Waals surface area (Å²) < 4.78 is 2.54. The van der Waals surface area contributed by atoms with Gasteiger partial charge in [0.15, 0.2) is 5.82 Å². The predicted octanol–water partition coefficient (Wildman–Crippen LogP) is 13.5. The van der Waals surface area contributed by atoms with Gasteiger partial charge in [0, 0.05) is 36.9 Å². The van der Waals surface area contributed by atoms with Crippen molar-refractivity contribution < 1.29 is 0 Å². The van der Waals surface area contributed by atoms with Crippen molar-refractivity contribution in [2.75, 3.05) is 0 Å². The number of aromatic nitrogens is 2. The molecular weight excluding hydrogens is 637 g/mol. The summed E-state index contributed by atoms with van der Waals surface area (Å²) in [4.78, 5) is 10.5. The summed E-state index contributed by atoms with van der Waals surface area (Å²) in [7, 11) is 0. The number of hydrogen-bond donors (Lipinski definition) is 0. The minimum absolute atomic E-state index is 0.722. The van der Waals surface area contributed by atoms with Gasteiger partial charge < -0.3 is 0 Å². The molecule has 0 aliphatic rings. The highest BCUT2D eigenvalue weighted by Crippen LogP contribution is 2.44. The van der Waals surface area contributed by atoms with Gasteiger partial charge >= 0.3 is 0 Å². The highest BCUT2D eigenvalue weighted by molar-refractivity contribution is 7.26. The summed E-state index contributed by atoms with van der Waals surface area (Å²) in [6.45, 7) is 0. The molecule has 0 radical (unpaired) electrons. The lowest BCUT2D eigenvalue weighted by Crippen LogP contribution is -1.96. The van der Waals surface area contributed by atoms with Crippen LogP contribution in [0.15, 0.2) is 182 Å². The zero-order valence-corrected chi connectivity index (χ0v) is 28.4. The molecule has 2 nitrogen and oxygen atoms in total. The summed E-state index contributed by atoms with van der Waals surface area (Å²) in [6, 6.07) is 64.9. The zero-order valence-electron chi connectivity index (χ0n) is 27.6. The fourth-order valence-electron chi connectivity index (χ4n) is 7.43. The monoisotopic (exact) mass is 666 g/mol. The fraction of sp³-hybridized carbons (Fsp3) is 0. The van der Waals surface area contributed by atoms with E-state index in [0.717, 1.165) is 44.9 Å². The van der Waals surface area contributed by atoms with E-state index in [0.29, 0.717) is 0 Å². The van der Waals surface area contributed by atoms with E-state index >= 15 is 0 Å². The number of rotatable bonds is 5. The topological polar surface area (TPSA) is 25.8 Å². The van der Waals surface area contributed by atoms with Crippen molar-refractivity contribution in [2.24, 2.45) is 0 Å². The van der Waals surface area contributed by atoms with E-state index in [1.54, 1.807) is 0 Å². The first kappa shape index (κ1) is 29.5. The van der Waals surface area contributed by atoms with Gasteiger partial charge in [-0.2, -0.15) is 0 Å². The Morgan fingerprint density at radius 2 is 0.941 bits per heavy atom. The Hall–Kier alpha value is -6.42. The van der Waals surface area contributed by atoms with Crippen LogP contribution in [-0.2, 0) is 0 Å². The molecule has 0 aliphatic heterocycles. The fourth-order valence-corrected chi connectivity index (χ4v) is 8.63. The van der Waals surface area contributed by atoms with Gasteiger partial charge in [0.05, 0.1) is 11.4 Å². The smallest absolute Gasteiger partial charge is 0.161 e. The van der Waals surface area contributed by atoms with Crippen LogP contribution in [-0.4, -0.2) is 9.97 Å². The second-order valence-corrected chi connectivity index (χ2v) is 14.0. The molecule has 0 atom stereocenters. The Labute approximate surface area is 300 Å². The van der Waals surface area contributed by atoms with Crippen LogP contribution < -0.4 is 0 Å². The average molecular weight is 667 g/mol. The third kappa shape index (κ3) is 5.18. The SMILES string of the molecule is c1ccc(-c2cccc(-c3cc(-c4ccc5c(c4)sc4cc(-c6ccccc6)c6ccccc6c45)nc(-c4cccc5ccccc45)n3)c2)cc1. The van der Waals surface area contributed by atoms with Crippen LogP contribution in [0, 0.1) is 0 Å². The van der Waals surface area contributed by atoms with Crippen LogP contribution in [0.25, 0.3) is 97.9 Å². The van der Waals surface area contributed by atoms with Gasteiger partial charge in [-0.1, -0.05) is 158 Å². The lowest BCUT2D eigenvalue weighted by molar-refractivity contribution is 1.19. The first-order chi connectivity index (χ1) is 25.3. The molecule has 0 saturated carbocycles. The minimum Gasteiger partial charge on any atom is -0.228 e. The Morgan fingerprint density at radius 1 is 0.333 bits per heavy atom. The third-order valence-corrected chi connectivity index (χ3v) is 11.0. The molecule has 0 saturated heterocycles. The van der Waals surface area contributed by atoms with Crippen molar-refractivity contribution in [1.82, 2.24) is 9.97 Å². The maximum absolute atomic E-state index is 5.29. The molecule has 0 bridgehead atoms. The highest BCUT2D eigenvalue weighted by atomic mass is 32.1. The number of thiophene rings is 1. The van der Waals surface area contributed by atoms with Gasteiger partial charge in [0.1, 0.15) is 0 Å². The molecule has 0 spiro atoms. The van der Waals surface area contributed by atoms with E-state index in [4.69, 9.17) is 9.97 Å². The first-order valence-electron chi connectivity index (χ1n) is 17.2. The molecule has 0 amide bonds. The summed E-state index contributed by atoms with van der Waals surface area (Å²) in [6.07, 6.45) is 0. The van der Waals surface area contributed by atoms with E-state index in [1.165, 1.54) is 53.0 Å². The van der Waals surface area contributed by atoms with Gasteiger partial charge in [-0.15, -0.1) is 11.3 Å². The van der Waals surface area contributed by atoms with Crippen molar-refractivity contribution in [1.29, 1.82) is 0 Å². The van der Waals surface area contributed by atoms with Gasteiger partial charge in [0.2, 0.25) is 0 Å². The van der Waals surface area contributed by atoms with E-state index in [9.17, 15) is 0 Å². The normalized spacial score (nSPS) is 11.5. The predicted molar refractivity (Wildman–Crippen MR) is 217 cm³/mol. The van der Waals surface area contributed by atoms with Crippen LogP contribution in [0.5, 0.6) is 0 Å². The van der Waals surface area contributed by atoms with Gasteiger partial charge in [-0.25, -0.2) is 9.97 Å². The molecule has 10 aromatic rings. The molecule has 10 rings (SSSR count). The zero-order chi connectivity index (χ0) is 33.7. The molecule has 8 aromatic carbocycles. The standard InChI is InChI=1S/C48H30N2S/c1-3-13-31(14-4-1)34-19-11-20-35(27-34)43-30-44(50-48(49-43)40-24-12-18-32-17-7-8-21-37(32)40)36-25-26-41-45(28-36)51-46-29-42(33-15-5-2-6-16-33)38-22-9-10-23-39(38)47(41)46/h1-30H. The summed E-state index contributed by atoms with van der Waals surface area (Å²) >= 11 is 1.85. The van der Waals surface area contributed by atoms with Gasteiger partial charge in [-0.05, 0) is 68.1 Å². The van der Waals surface area contributed by atoms with E-state index < -0.39 is 0 Å². The van der Waals surface area contributed by atoms with Crippen molar-refractivity contribution in [3.8, 4) is 56.2 Å². The van der Waals surface area contributed by atoms with Crippen molar-refractivity contribution in [3.63, 3.8) is 0 Å². The van der Waals surface area contributed by atoms with Crippen LogP contribution in [0.2, 0.25) is 0 Å². The average Bonchev–Trinajstić information content (AvgIpc) is 3.59. The molecule has 238 valence electrons. The number of fused-ring (bicyclic) bond motifs is 6. The number of hydrogen-bond acceptors (Lipinski definition) is 3. The number of benzene rings is 8. The second kappa shape index (κ2) is 12.2. The van der Waals surface area contributed by atoms with Gasteiger partial charge in [-0.3, -0.25) is 0 Å².